The Kier molecular flexibility index (Phi) is 7.53. The molecule has 0 saturated carbocycles. The average molecular weight is 380 g/mol. The monoisotopic (exact) mass is 379 g/mol. The molecule has 2 rings (SSSR count). The minimum absolute atomic E-state index is 0.299. The molecule has 0 atom stereocenters. The highest BCUT2D eigenvalue weighted by Gasteiger charge is 2.08. The van der Waals surface area contributed by atoms with E-state index in [0.717, 1.165) is 5.56 Å². The maximum atomic E-state index is 13.8. The van der Waals surface area contributed by atoms with E-state index in [0.29, 0.717) is 47.6 Å². The van der Waals surface area contributed by atoms with Crippen molar-refractivity contribution in [2.24, 2.45) is 4.99 Å². The first-order valence-corrected chi connectivity index (χ1v) is 8.55. The van der Waals surface area contributed by atoms with Gasteiger partial charge in [-0.15, -0.1) is 0 Å². The van der Waals surface area contributed by atoms with Gasteiger partial charge in [-0.3, -0.25) is 4.99 Å². The van der Waals surface area contributed by atoms with Crippen molar-refractivity contribution < 1.29 is 13.9 Å². The molecule has 0 aliphatic carbocycles. The lowest BCUT2D eigenvalue weighted by molar-refractivity contribution is 0.354. The third-order valence-electron chi connectivity index (χ3n) is 3.86. The van der Waals surface area contributed by atoms with Crippen molar-refractivity contribution in [3.05, 3.63) is 58.4 Å². The Hall–Kier alpha value is -2.47. The minimum Gasteiger partial charge on any atom is -0.493 e. The summed E-state index contributed by atoms with van der Waals surface area (Å²) >= 11 is 6.04. The van der Waals surface area contributed by atoms with Gasteiger partial charge in [-0.1, -0.05) is 23.7 Å². The van der Waals surface area contributed by atoms with Crippen molar-refractivity contribution in [2.75, 3.05) is 27.8 Å². The van der Waals surface area contributed by atoms with E-state index in [1.54, 1.807) is 33.4 Å². The normalized spacial score (nSPS) is 11.2. The summed E-state index contributed by atoms with van der Waals surface area (Å²) in [5.74, 6) is 1.67. The molecule has 0 aliphatic rings. The Morgan fingerprint density at radius 2 is 1.88 bits per heavy atom. The molecular weight excluding hydrogens is 357 g/mol. The van der Waals surface area contributed by atoms with E-state index in [1.807, 2.05) is 18.2 Å². The van der Waals surface area contributed by atoms with E-state index in [4.69, 9.17) is 21.1 Å². The number of ether oxygens (including phenoxy) is 2. The van der Waals surface area contributed by atoms with Crippen LogP contribution in [-0.2, 0) is 13.0 Å². The zero-order valence-corrected chi connectivity index (χ0v) is 15.9. The summed E-state index contributed by atoms with van der Waals surface area (Å²) in [6, 6.07) is 10.4. The van der Waals surface area contributed by atoms with E-state index in [1.165, 1.54) is 6.07 Å². The fraction of sp³-hybridized carbons (Fsp3) is 0.316. The molecule has 2 aromatic carbocycles. The summed E-state index contributed by atoms with van der Waals surface area (Å²) < 4.78 is 24.3. The molecular formula is C19H23ClFN3O2. The Morgan fingerprint density at radius 3 is 2.54 bits per heavy atom. The summed E-state index contributed by atoms with van der Waals surface area (Å²) in [5, 5.41) is 6.79. The second-order valence-electron chi connectivity index (χ2n) is 5.49. The molecule has 0 fully saturated rings. The number of guanidine groups is 1. The molecule has 0 heterocycles. The van der Waals surface area contributed by atoms with Gasteiger partial charge in [-0.05, 0) is 36.2 Å². The number of halogens is 2. The van der Waals surface area contributed by atoms with Crippen LogP contribution >= 0.6 is 11.6 Å². The first kappa shape index (κ1) is 19.8. The lowest BCUT2D eigenvalue weighted by atomic mass is 10.1. The molecule has 0 aromatic heterocycles. The van der Waals surface area contributed by atoms with Crippen LogP contribution in [0.4, 0.5) is 4.39 Å². The predicted octanol–water partition coefficient (Wildman–Crippen LogP) is 3.40. The number of aliphatic imine (C=N–C) groups is 1. The number of methoxy groups -OCH3 is 2. The van der Waals surface area contributed by atoms with Gasteiger partial charge in [-0.25, -0.2) is 4.39 Å². The third-order valence-corrected chi connectivity index (χ3v) is 4.21. The Morgan fingerprint density at radius 1 is 1.12 bits per heavy atom. The summed E-state index contributed by atoms with van der Waals surface area (Å²) in [6.45, 7) is 1.06. The lowest BCUT2D eigenvalue weighted by Crippen LogP contribution is -2.37. The molecule has 0 amide bonds. The van der Waals surface area contributed by atoms with E-state index >= 15 is 0 Å². The second kappa shape index (κ2) is 9.87. The highest BCUT2D eigenvalue weighted by atomic mass is 35.5. The molecule has 0 radical (unpaired) electrons. The minimum atomic E-state index is -0.299. The van der Waals surface area contributed by atoms with Gasteiger partial charge in [0.15, 0.2) is 17.5 Å². The Labute approximate surface area is 158 Å². The van der Waals surface area contributed by atoms with Crippen molar-refractivity contribution in [3.63, 3.8) is 0 Å². The van der Waals surface area contributed by atoms with Crippen molar-refractivity contribution in [1.82, 2.24) is 10.6 Å². The summed E-state index contributed by atoms with van der Waals surface area (Å²) in [4.78, 5) is 4.17. The van der Waals surface area contributed by atoms with Crippen molar-refractivity contribution in [1.29, 1.82) is 0 Å². The maximum absolute atomic E-state index is 13.8. The average Bonchev–Trinajstić information content (AvgIpc) is 2.66. The fourth-order valence-corrected chi connectivity index (χ4v) is 2.73. The van der Waals surface area contributed by atoms with Crippen molar-refractivity contribution in [2.45, 2.75) is 13.0 Å². The summed E-state index contributed by atoms with van der Waals surface area (Å²) in [7, 11) is 4.88. The van der Waals surface area contributed by atoms with Crippen LogP contribution in [0.2, 0.25) is 5.02 Å². The largest absolute Gasteiger partial charge is 0.493 e. The Bertz CT molecular complexity index is 748. The van der Waals surface area contributed by atoms with Crippen molar-refractivity contribution >= 4 is 17.6 Å². The van der Waals surface area contributed by atoms with Crippen LogP contribution in [0.25, 0.3) is 0 Å². The van der Waals surface area contributed by atoms with E-state index < -0.39 is 0 Å². The van der Waals surface area contributed by atoms with Crippen LogP contribution in [0.15, 0.2) is 41.4 Å². The zero-order chi connectivity index (χ0) is 18.9. The number of hydrogen-bond acceptors (Lipinski definition) is 3. The molecule has 2 N–H and O–H groups in total. The molecule has 0 unspecified atom stereocenters. The molecule has 0 saturated heterocycles. The quantitative estimate of drug-likeness (QED) is 0.572. The van der Waals surface area contributed by atoms with Crippen LogP contribution in [-0.4, -0.2) is 33.8 Å². The molecule has 7 heteroatoms. The zero-order valence-electron chi connectivity index (χ0n) is 15.1. The van der Waals surface area contributed by atoms with E-state index in [-0.39, 0.29) is 5.82 Å². The number of nitrogens with zero attached hydrogens (tertiary/aromatic N) is 1. The molecule has 2 aromatic rings. The molecule has 0 aliphatic heterocycles. The first-order chi connectivity index (χ1) is 12.6. The maximum Gasteiger partial charge on any atom is 0.191 e. The molecule has 5 nitrogen and oxygen atoms in total. The fourth-order valence-electron chi connectivity index (χ4n) is 2.47. The SMILES string of the molecule is CN=C(NCCc1c(F)cccc1Cl)NCc1ccc(OC)c(OC)c1. The van der Waals surface area contributed by atoms with Gasteiger partial charge in [0, 0.05) is 30.7 Å². The van der Waals surface area contributed by atoms with Gasteiger partial charge in [0.05, 0.1) is 14.2 Å². The van der Waals surface area contributed by atoms with Crippen LogP contribution < -0.4 is 20.1 Å². The number of hydrogen-bond donors (Lipinski definition) is 2. The number of rotatable bonds is 7. The number of benzene rings is 2. The highest BCUT2D eigenvalue weighted by Crippen LogP contribution is 2.27. The van der Waals surface area contributed by atoms with Gasteiger partial charge >= 0.3 is 0 Å². The smallest absolute Gasteiger partial charge is 0.191 e. The van der Waals surface area contributed by atoms with Gasteiger partial charge in [0.1, 0.15) is 5.82 Å². The summed E-state index contributed by atoms with van der Waals surface area (Å²) in [6.07, 6.45) is 0.461. The van der Waals surface area contributed by atoms with Crippen LogP contribution in [0.3, 0.4) is 0 Å². The standard InChI is InChI=1S/C19H23ClFN3O2/c1-22-19(23-10-9-14-15(20)5-4-6-16(14)21)24-12-13-7-8-17(25-2)18(11-13)26-3/h4-8,11H,9-10,12H2,1-3H3,(H2,22,23,24). The van der Waals surface area contributed by atoms with Crippen LogP contribution in [0.1, 0.15) is 11.1 Å². The predicted molar refractivity (Wildman–Crippen MR) is 103 cm³/mol. The highest BCUT2D eigenvalue weighted by molar-refractivity contribution is 6.31. The van der Waals surface area contributed by atoms with E-state index in [2.05, 4.69) is 15.6 Å². The van der Waals surface area contributed by atoms with Crippen LogP contribution in [0, 0.1) is 5.82 Å². The Balaban J connectivity index is 1.88. The van der Waals surface area contributed by atoms with Crippen LogP contribution in [0.5, 0.6) is 11.5 Å². The summed E-state index contributed by atoms with van der Waals surface area (Å²) in [5.41, 5.74) is 1.51. The second-order valence-corrected chi connectivity index (χ2v) is 5.90. The molecule has 0 bridgehead atoms. The topological polar surface area (TPSA) is 54.9 Å². The third kappa shape index (κ3) is 5.26. The van der Waals surface area contributed by atoms with Crippen molar-refractivity contribution in [3.8, 4) is 11.5 Å². The van der Waals surface area contributed by atoms with E-state index in [9.17, 15) is 4.39 Å². The molecule has 0 spiro atoms. The van der Waals surface area contributed by atoms with Gasteiger partial charge in [0.25, 0.3) is 0 Å². The lowest BCUT2D eigenvalue weighted by Gasteiger charge is -2.14. The molecule has 140 valence electrons. The number of nitrogens with one attached hydrogen (secondary N) is 2. The van der Waals surface area contributed by atoms with Gasteiger partial charge in [0.2, 0.25) is 0 Å². The molecule has 26 heavy (non-hydrogen) atoms. The van der Waals surface area contributed by atoms with Gasteiger partial charge in [-0.2, -0.15) is 0 Å². The van der Waals surface area contributed by atoms with Gasteiger partial charge < -0.3 is 20.1 Å². The first-order valence-electron chi connectivity index (χ1n) is 8.17.